The summed E-state index contributed by atoms with van der Waals surface area (Å²) in [5, 5.41) is 13.2. The Morgan fingerprint density at radius 2 is 1.95 bits per heavy atom. The number of hydrogen-bond acceptors (Lipinski definition) is 5. The third-order valence-electron chi connectivity index (χ3n) is 3.04. The zero-order valence-electron chi connectivity index (χ0n) is 11.0. The van der Waals surface area contributed by atoms with Crippen LogP contribution in [0.2, 0.25) is 0 Å². The Bertz CT molecular complexity index is 778. The molecule has 0 atom stereocenters. The number of carbonyl (C=O) groups is 1. The number of nitro benzene ring substituents is 1. The Balaban J connectivity index is 1.83. The number of nitrogens with one attached hydrogen (secondary N) is 1. The van der Waals surface area contributed by atoms with Gasteiger partial charge in [0, 0.05) is 23.4 Å². The molecule has 1 aliphatic rings. The van der Waals surface area contributed by atoms with Crippen LogP contribution in [0.15, 0.2) is 36.4 Å². The Kier molecular flexibility index (Phi) is 3.34. The van der Waals surface area contributed by atoms with Gasteiger partial charge in [0.25, 0.3) is 5.91 Å². The minimum Gasteiger partial charge on any atom is -0.454 e. The molecule has 3 rings (SSSR count). The molecule has 1 aliphatic heterocycles. The number of carbonyl (C=O) groups excluding carboxylic acids is 1. The van der Waals surface area contributed by atoms with Crippen molar-refractivity contribution < 1.29 is 23.6 Å². The fourth-order valence-corrected chi connectivity index (χ4v) is 1.97. The summed E-state index contributed by atoms with van der Waals surface area (Å²) in [7, 11) is 0. The Morgan fingerprint density at radius 1 is 1.18 bits per heavy atom. The molecule has 0 saturated heterocycles. The van der Waals surface area contributed by atoms with Crippen LogP contribution in [0.1, 0.15) is 10.4 Å². The highest BCUT2D eigenvalue weighted by molar-refractivity contribution is 6.04. The first-order valence-corrected chi connectivity index (χ1v) is 6.19. The van der Waals surface area contributed by atoms with Crippen molar-refractivity contribution in [2.75, 3.05) is 12.1 Å². The monoisotopic (exact) mass is 304 g/mol. The van der Waals surface area contributed by atoms with E-state index in [-0.39, 0.29) is 12.4 Å². The third kappa shape index (κ3) is 2.53. The van der Waals surface area contributed by atoms with Gasteiger partial charge in [-0.3, -0.25) is 14.9 Å². The van der Waals surface area contributed by atoms with Crippen molar-refractivity contribution in [3.63, 3.8) is 0 Å². The lowest BCUT2D eigenvalue weighted by molar-refractivity contribution is -0.387. The molecule has 1 N–H and O–H groups in total. The molecule has 1 heterocycles. The Labute approximate surface area is 123 Å². The molecule has 0 spiro atoms. The summed E-state index contributed by atoms with van der Waals surface area (Å²) >= 11 is 0. The van der Waals surface area contributed by atoms with Crippen LogP contribution < -0.4 is 14.8 Å². The number of nitrogens with zero attached hydrogens (tertiary/aromatic N) is 1. The molecule has 0 aromatic heterocycles. The van der Waals surface area contributed by atoms with Crippen LogP contribution in [-0.2, 0) is 0 Å². The van der Waals surface area contributed by atoms with E-state index < -0.39 is 22.3 Å². The van der Waals surface area contributed by atoms with E-state index in [0.717, 1.165) is 12.1 Å². The molecule has 0 fully saturated rings. The van der Waals surface area contributed by atoms with Gasteiger partial charge in [-0.15, -0.1) is 0 Å². The van der Waals surface area contributed by atoms with Gasteiger partial charge in [-0.1, -0.05) is 0 Å². The van der Waals surface area contributed by atoms with E-state index in [1.165, 1.54) is 6.07 Å². The van der Waals surface area contributed by atoms with Crippen molar-refractivity contribution >= 4 is 17.3 Å². The third-order valence-corrected chi connectivity index (χ3v) is 3.04. The van der Waals surface area contributed by atoms with Crippen molar-refractivity contribution in [2.24, 2.45) is 0 Å². The van der Waals surface area contributed by atoms with E-state index in [1.54, 1.807) is 18.2 Å². The van der Waals surface area contributed by atoms with Crippen LogP contribution in [0.3, 0.4) is 0 Å². The highest BCUT2D eigenvalue weighted by Gasteiger charge is 2.18. The number of nitro groups is 1. The van der Waals surface area contributed by atoms with Gasteiger partial charge < -0.3 is 14.8 Å². The number of rotatable bonds is 3. The maximum absolute atomic E-state index is 13.3. The quantitative estimate of drug-likeness (QED) is 0.695. The van der Waals surface area contributed by atoms with Gasteiger partial charge in [0.05, 0.1) is 4.92 Å². The van der Waals surface area contributed by atoms with Gasteiger partial charge in [-0.2, -0.15) is 4.39 Å². The lowest BCUT2D eigenvalue weighted by Crippen LogP contribution is -2.12. The number of anilines is 1. The Hall–Kier alpha value is -3.16. The van der Waals surface area contributed by atoms with Gasteiger partial charge in [-0.25, -0.2) is 0 Å². The van der Waals surface area contributed by atoms with Gasteiger partial charge in [0.15, 0.2) is 11.5 Å². The van der Waals surface area contributed by atoms with E-state index in [4.69, 9.17) is 9.47 Å². The summed E-state index contributed by atoms with van der Waals surface area (Å²) in [4.78, 5) is 21.9. The lowest BCUT2D eigenvalue weighted by atomic mass is 10.1. The minimum atomic E-state index is -0.996. The molecule has 8 heteroatoms. The van der Waals surface area contributed by atoms with Crippen LogP contribution in [0.25, 0.3) is 0 Å². The van der Waals surface area contributed by atoms with Gasteiger partial charge in [0.2, 0.25) is 12.6 Å². The molecule has 2 aromatic carbocycles. The summed E-state index contributed by atoms with van der Waals surface area (Å²) in [6.07, 6.45) is 0. The molecule has 0 bridgehead atoms. The fourth-order valence-electron chi connectivity index (χ4n) is 1.97. The maximum atomic E-state index is 13.3. The van der Waals surface area contributed by atoms with Crippen LogP contribution in [0.4, 0.5) is 15.8 Å². The van der Waals surface area contributed by atoms with Crippen molar-refractivity contribution in [3.05, 3.63) is 57.9 Å². The van der Waals surface area contributed by atoms with E-state index in [0.29, 0.717) is 17.2 Å². The highest BCUT2D eigenvalue weighted by Crippen LogP contribution is 2.34. The molecule has 0 radical (unpaired) electrons. The Morgan fingerprint density at radius 3 is 2.73 bits per heavy atom. The average molecular weight is 304 g/mol. The number of ether oxygens (including phenoxy) is 2. The first-order chi connectivity index (χ1) is 10.5. The molecule has 7 nitrogen and oxygen atoms in total. The zero-order valence-corrected chi connectivity index (χ0v) is 11.0. The van der Waals surface area contributed by atoms with E-state index >= 15 is 0 Å². The molecule has 2 aromatic rings. The first-order valence-electron chi connectivity index (χ1n) is 6.19. The molecule has 0 aliphatic carbocycles. The molecule has 22 heavy (non-hydrogen) atoms. The topological polar surface area (TPSA) is 90.7 Å². The number of fused-ring (bicyclic) bond motifs is 1. The van der Waals surface area contributed by atoms with E-state index in [2.05, 4.69) is 5.32 Å². The fraction of sp³-hybridized carbons (Fsp3) is 0.0714. The molecule has 0 unspecified atom stereocenters. The molecular weight excluding hydrogens is 295 g/mol. The second-order valence-electron chi connectivity index (χ2n) is 4.45. The van der Waals surface area contributed by atoms with Crippen molar-refractivity contribution in [3.8, 4) is 11.5 Å². The highest BCUT2D eigenvalue weighted by atomic mass is 19.1. The van der Waals surface area contributed by atoms with Crippen LogP contribution >= 0.6 is 0 Å². The van der Waals surface area contributed by atoms with Crippen molar-refractivity contribution in [1.82, 2.24) is 0 Å². The van der Waals surface area contributed by atoms with Crippen molar-refractivity contribution in [2.45, 2.75) is 0 Å². The second kappa shape index (κ2) is 5.32. The molecule has 0 saturated carbocycles. The predicted octanol–water partition coefficient (Wildman–Crippen LogP) is 2.71. The van der Waals surface area contributed by atoms with Crippen molar-refractivity contribution in [1.29, 1.82) is 0 Å². The van der Waals surface area contributed by atoms with Gasteiger partial charge in [0.1, 0.15) is 0 Å². The maximum Gasteiger partial charge on any atom is 0.305 e. The van der Waals surface area contributed by atoms with Crippen LogP contribution in [-0.4, -0.2) is 17.6 Å². The lowest BCUT2D eigenvalue weighted by Gasteiger charge is -2.06. The van der Waals surface area contributed by atoms with Crippen LogP contribution in [0, 0.1) is 15.9 Å². The first kappa shape index (κ1) is 13.8. The van der Waals surface area contributed by atoms with Gasteiger partial charge in [-0.05, 0) is 24.3 Å². The predicted molar refractivity (Wildman–Crippen MR) is 73.6 cm³/mol. The second-order valence-corrected chi connectivity index (χ2v) is 4.45. The summed E-state index contributed by atoms with van der Waals surface area (Å²) in [5.74, 6) is -0.537. The standard InChI is InChI=1S/C14H9FN2O5/c15-10-3-1-8(5-11(10)17(19)20)14(18)16-9-2-4-12-13(6-9)22-7-21-12/h1-6H,7H2,(H,16,18). The smallest absolute Gasteiger partial charge is 0.305 e. The SMILES string of the molecule is O=C(Nc1ccc2c(c1)OCO2)c1ccc(F)c([N+](=O)[O-])c1. The van der Waals surface area contributed by atoms with Gasteiger partial charge >= 0.3 is 5.69 Å². The summed E-state index contributed by atoms with van der Waals surface area (Å²) in [6, 6.07) is 7.74. The van der Waals surface area contributed by atoms with E-state index in [9.17, 15) is 19.3 Å². The molecule has 112 valence electrons. The normalized spacial score (nSPS) is 12.0. The zero-order chi connectivity index (χ0) is 15.7. The number of halogens is 1. The largest absolute Gasteiger partial charge is 0.454 e. The number of benzene rings is 2. The number of hydrogen-bond donors (Lipinski definition) is 1. The molecule has 1 amide bonds. The summed E-state index contributed by atoms with van der Waals surface area (Å²) in [5.41, 5.74) is -0.342. The van der Waals surface area contributed by atoms with E-state index in [1.807, 2.05) is 0 Å². The minimum absolute atomic E-state index is 0.0224. The van der Waals surface area contributed by atoms with Crippen LogP contribution in [0.5, 0.6) is 11.5 Å². The summed E-state index contributed by atoms with van der Waals surface area (Å²) < 4.78 is 23.6. The number of amides is 1. The summed E-state index contributed by atoms with van der Waals surface area (Å²) in [6.45, 7) is 0.108. The molecular formula is C14H9FN2O5. The average Bonchev–Trinajstić information content (AvgIpc) is 2.94.